The van der Waals surface area contributed by atoms with Crippen LogP contribution >= 0.6 is 11.5 Å². The average molecular weight is 423 g/mol. The summed E-state index contributed by atoms with van der Waals surface area (Å²) in [6.45, 7) is 2.82. The number of likely N-dealkylation sites (N-methyl/N-ethyl adjacent to an activating group) is 2. The number of carbonyl (C=O) groups excluding carboxylic acids is 2. The van der Waals surface area contributed by atoms with E-state index in [4.69, 9.17) is 9.90 Å². The van der Waals surface area contributed by atoms with Crippen LogP contribution < -0.4 is 0 Å². The zero-order valence-electron chi connectivity index (χ0n) is 15.3. The van der Waals surface area contributed by atoms with Crippen LogP contribution in [-0.4, -0.2) is 99.2 Å². The number of carboxylic acids is 1. The number of aliphatic carboxylic acids is 1. The van der Waals surface area contributed by atoms with E-state index in [1.165, 1.54) is 11.5 Å². The second-order valence-corrected chi connectivity index (χ2v) is 7.17. The number of carbonyl (C=O) groups is 3. The topological polar surface area (TPSA) is 107 Å². The van der Waals surface area contributed by atoms with E-state index in [-0.39, 0.29) is 11.8 Å². The highest BCUT2D eigenvalue weighted by Crippen LogP contribution is 2.32. The third-order valence-corrected chi connectivity index (χ3v) is 5.45. The van der Waals surface area contributed by atoms with Gasteiger partial charge in [0.25, 0.3) is 5.91 Å². The van der Waals surface area contributed by atoms with E-state index in [9.17, 15) is 22.8 Å². The van der Waals surface area contributed by atoms with E-state index in [2.05, 4.69) is 14.5 Å². The Morgan fingerprint density at radius 1 is 1.18 bits per heavy atom. The highest BCUT2D eigenvalue weighted by atomic mass is 32.1. The Labute approximate surface area is 162 Å². The van der Waals surface area contributed by atoms with Crippen LogP contribution in [0.2, 0.25) is 0 Å². The molecule has 0 aliphatic carbocycles. The van der Waals surface area contributed by atoms with Gasteiger partial charge in [-0.25, -0.2) is 4.79 Å². The van der Waals surface area contributed by atoms with Crippen LogP contribution in [0.25, 0.3) is 0 Å². The van der Waals surface area contributed by atoms with Crippen molar-refractivity contribution in [1.29, 1.82) is 0 Å². The summed E-state index contributed by atoms with van der Waals surface area (Å²) < 4.78 is 35.5. The van der Waals surface area contributed by atoms with E-state index in [1.807, 2.05) is 19.0 Å². The van der Waals surface area contributed by atoms with Gasteiger partial charge in [0.05, 0.1) is 0 Å². The van der Waals surface area contributed by atoms with Crippen molar-refractivity contribution in [2.24, 2.45) is 0 Å². The van der Waals surface area contributed by atoms with Crippen LogP contribution in [0, 0.1) is 0 Å². The lowest BCUT2D eigenvalue weighted by molar-refractivity contribution is -0.192. The molecule has 156 valence electrons. The minimum atomic E-state index is -5.08. The minimum Gasteiger partial charge on any atom is -0.475 e. The predicted molar refractivity (Wildman–Crippen MR) is 91.7 cm³/mol. The second-order valence-electron chi connectivity index (χ2n) is 6.57. The second kappa shape index (κ2) is 8.39. The summed E-state index contributed by atoms with van der Waals surface area (Å²) in [4.78, 5) is 39.5. The molecule has 0 radical (unpaired) electrons. The van der Waals surface area contributed by atoms with Gasteiger partial charge in [-0.1, -0.05) is 4.49 Å². The molecule has 1 N–H and O–H groups in total. The molecule has 1 spiro atoms. The standard InChI is InChI=1S/C13H19N5O2S.C2HF3O2/c1-16-7-8-17(2)13(12(16)20)3-5-18(6-4-13)11(19)10-9-21-15-14-10;3-2(4,5)1(6)7/h9H,3-8H2,1-2H3;(H,6,7). The van der Waals surface area contributed by atoms with Crippen molar-refractivity contribution in [3.8, 4) is 0 Å². The van der Waals surface area contributed by atoms with Crippen molar-refractivity contribution in [1.82, 2.24) is 24.3 Å². The lowest BCUT2D eigenvalue weighted by Crippen LogP contribution is -2.67. The monoisotopic (exact) mass is 423 g/mol. The molecule has 0 saturated carbocycles. The summed E-state index contributed by atoms with van der Waals surface area (Å²) in [6, 6.07) is 0. The molecule has 9 nitrogen and oxygen atoms in total. The Kier molecular flexibility index (Phi) is 6.59. The van der Waals surface area contributed by atoms with Gasteiger partial charge in [0.1, 0.15) is 5.54 Å². The summed E-state index contributed by atoms with van der Waals surface area (Å²) >= 11 is 1.18. The minimum absolute atomic E-state index is 0.0853. The zero-order valence-corrected chi connectivity index (χ0v) is 16.1. The molecule has 3 heterocycles. The summed E-state index contributed by atoms with van der Waals surface area (Å²) in [5.41, 5.74) is -0.0409. The van der Waals surface area contributed by atoms with Gasteiger partial charge in [-0.05, 0) is 31.4 Å². The quantitative estimate of drug-likeness (QED) is 0.703. The summed E-state index contributed by atoms with van der Waals surface area (Å²) in [5, 5.41) is 12.6. The van der Waals surface area contributed by atoms with Crippen molar-refractivity contribution in [2.45, 2.75) is 24.6 Å². The number of hydrogen-bond acceptors (Lipinski definition) is 7. The number of hydrogen-bond donors (Lipinski definition) is 1. The number of likely N-dealkylation sites (tertiary alicyclic amines) is 1. The lowest BCUT2D eigenvalue weighted by Gasteiger charge is -2.50. The molecule has 13 heteroatoms. The number of carboxylic acid groups (broad SMARTS) is 1. The van der Waals surface area contributed by atoms with E-state index in [1.54, 1.807) is 10.3 Å². The first kappa shape index (κ1) is 22.0. The molecule has 2 saturated heterocycles. The van der Waals surface area contributed by atoms with Crippen LogP contribution in [0.1, 0.15) is 23.3 Å². The lowest BCUT2D eigenvalue weighted by atomic mass is 9.83. The number of piperazine rings is 1. The molecular weight excluding hydrogens is 403 g/mol. The Morgan fingerprint density at radius 2 is 1.75 bits per heavy atom. The van der Waals surface area contributed by atoms with Gasteiger partial charge in [-0.2, -0.15) is 13.2 Å². The summed E-state index contributed by atoms with van der Waals surface area (Å²) in [7, 11) is 3.86. The van der Waals surface area contributed by atoms with Crippen molar-refractivity contribution < 1.29 is 32.7 Å². The fraction of sp³-hybridized carbons (Fsp3) is 0.667. The molecule has 0 bridgehead atoms. The molecule has 2 fully saturated rings. The molecule has 2 amide bonds. The predicted octanol–water partition coefficient (Wildman–Crippen LogP) is 0.550. The zero-order chi connectivity index (χ0) is 21.1. The number of rotatable bonds is 1. The number of alkyl halides is 3. The highest BCUT2D eigenvalue weighted by molar-refractivity contribution is 7.03. The largest absolute Gasteiger partial charge is 0.490 e. The van der Waals surface area contributed by atoms with Gasteiger partial charge >= 0.3 is 12.1 Å². The fourth-order valence-electron chi connectivity index (χ4n) is 3.23. The van der Waals surface area contributed by atoms with E-state index >= 15 is 0 Å². The average Bonchev–Trinajstić information content (AvgIpc) is 3.18. The van der Waals surface area contributed by atoms with Crippen LogP contribution in [-0.2, 0) is 9.59 Å². The van der Waals surface area contributed by atoms with Crippen LogP contribution in [0.15, 0.2) is 5.38 Å². The molecule has 1 aromatic rings. The normalized spacial score (nSPS) is 20.0. The van der Waals surface area contributed by atoms with Crippen molar-refractivity contribution >= 4 is 29.3 Å². The Morgan fingerprint density at radius 3 is 2.21 bits per heavy atom. The van der Waals surface area contributed by atoms with Gasteiger partial charge in [-0.15, -0.1) is 5.10 Å². The van der Waals surface area contributed by atoms with Gasteiger partial charge in [0.2, 0.25) is 5.91 Å². The highest BCUT2D eigenvalue weighted by Gasteiger charge is 2.49. The first-order chi connectivity index (χ1) is 13.0. The van der Waals surface area contributed by atoms with Crippen LogP contribution in [0.3, 0.4) is 0 Å². The van der Waals surface area contributed by atoms with Crippen molar-refractivity contribution in [2.75, 3.05) is 40.3 Å². The van der Waals surface area contributed by atoms with Crippen LogP contribution in [0.4, 0.5) is 13.2 Å². The summed E-state index contributed by atoms with van der Waals surface area (Å²) in [5.74, 6) is -2.66. The molecule has 2 aliphatic rings. The third kappa shape index (κ3) is 4.58. The Bertz CT molecular complexity index is 720. The van der Waals surface area contributed by atoms with E-state index in [0.717, 1.165) is 13.1 Å². The summed E-state index contributed by atoms with van der Waals surface area (Å²) in [6.07, 6.45) is -3.73. The molecule has 2 aliphatic heterocycles. The maximum Gasteiger partial charge on any atom is 0.490 e. The van der Waals surface area contributed by atoms with E-state index in [0.29, 0.717) is 31.6 Å². The molecule has 0 unspecified atom stereocenters. The third-order valence-electron chi connectivity index (χ3n) is 4.95. The maximum absolute atomic E-state index is 12.6. The molecule has 0 aromatic carbocycles. The van der Waals surface area contributed by atoms with Gasteiger partial charge in [-0.3, -0.25) is 14.5 Å². The van der Waals surface area contributed by atoms with Gasteiger partial charge in [0.15, 0.2) is 5.69 Å². The number of aromatic nitrogens is 2. The molecule has 3 rings (SSSR count). The first-order valence-electron chi connectivity index (χ1n) is 8.32. The Hall–Kier alpha value is -2.28. The molecule has 0 atom stereocenters. The first-order valence-corrected chi connectivity index (χ1v) is 9.16. The molecule has 28 heavy (non-hydrogen) atoms. The maximum atomic E-state index is 12.6. The van der Waals surface area contributed by atoms with Crippen molar-refractivity contribution in [3.05, 3.63) is 11.1 Å². The number of halogens is 3. The smallest absolute Gasteiger partial charge is 0.475 e. The number of amides is 2. The van der Waals surface area contributed by atoms with Crippen molar-refractivity contribution in [3.63, 3.8) is 0 Å². The van der Waals surface area contributed by atoms with Gasteiger partial charge < -0.3 is 14.9 Å². The van der Waals surface area contributed by atoms with Crippen LogP contribution in [0.5, 0.6) is 0 Å². The van der Waals surface area contributed by atoms with Gasteiger partial charge in [0, 0.05) is 38.6 Å². The number of nitrogens with zero attached hydrogens (tertiary/aromatic N) is 5. The SMILES string of the molecule is CN1CCN(C)C2(CCN(C(=O)c3csnn3)CC2)C1=O.O=C(O)C(F)(F)F. The molecule has 1 aromatic heterocycles. The number of piperidine rings is 1. The van der Waals surface area contributed by atoms with E-state index < -0.39 is 17.7 Å². The molecular formula is C15H20F3N5O4S. The fourth-order valence-corrected chi connectivity index (χ4v) is 3.66. The Balaban J connectivity index is 0.000000345.